The van der Waals surface area contributed by atoms with E-state index in [1.165, 1.54) is 11.3 Å². The minimum Gasteiger partial charge on any atom is -0.298 e. The SMILES string of the molecule is CC.O=Cc1csc(C=O)c1. The lowest BCUT2D eigenvalue weighted by Gasteiger charge is -1.70. The van der Waals surface area contributed by atoms with E-state index in [1.54, 1.807) is 11.4 Å². The first kappa shape index (κ1) is 10.0. The van der Waals surface area contributed by atoms with Gasteiger partial charge in [0, 0.05) is 10.9 Å². The van der Waals surface area contributed by atoms with E-state index in [4.69, 9.17) is 0 Å². The quantitative estimate of drug-likeness (QED) is 0.639. The number of hydrogen-bond acceptors (Lipinski definition) is 3. The zero-order valence-electron chi connectivity index (χ0n) is 6.53. The second-order valence-corrected chi connectivity index (χ2v) is 2.46. The van der Waals surface area contributed by atoms with Crippen LogP contribution in [0.1, 0.15) is 33.9 Å². The molecule has 0 aliphatic carbocycles. The number of thiophene rings is 1. The lowest BCUT2D eigenvalue weighted by Crippen LogP contribution is -1.70. The molecule has 0 amide bonds. The molecule has 0 saturated heterocycles. The van der Waals surface area contributed by atoms with E-state index in [-0.39, 0.29) is 0 Å². The highest BCUT2D eigenvalue weighted by molar-refractivity contribution is 7.11. The average Bonchev–Trinajstić information content (AvgIpc) is 2.55. The van der Waals surface area contributed by atoms with Gasteiger partial charge in [-0.25, -0.2) is 0 Å². The first-order chi connectivity index (χ1) is 5.36. The number of carbonyl (C=O) groups is 2. The summed E-state index contributed by atoms with van der Waals surface area (Å²) < 4.78 is 0. The summed E-state index contributed by atoms with van der Waals surface area (Å²) in [5.74, 6) is 0. The maximum Gasteiger partial charge on any atom is 0.160 e. The van der Waals surface area contributed by atoms with Crippen LogP contribution in [0.15, 0.2) is 11.4 Å². The van der Waals surface area contributed by atoms with Gasteiger partial charge in [-0.1, -0.05) is 13.8 Å². The van der Waals surface area contributed by atoms with Crippen molar-refractivity contribution in [1.29, 1.82) is 0 Å². The van der Waals surface area contributed by atoms with Gasteiger partial charge in [0.15, 0.2) is 12.6 Å². The molecule has 3 heteroatoms. The zero-order valence-corrected chi connectivity index (χ0v) is 7.35. The first-order valence-electron chi connectivity index (χ1n) is 3.35. The Labute approximate surface area is 69.9 Å². The molecule has 0 unspecified atom stereocenters. The van der Waals surface area contributed by atoms with Crippen LogP contribution < -0.4 is 0 Å². The monoisotopic (exact) mass is 170 g/mol. The van der Waals surface area contributed by atoms with Crippen LogP contribution in [0.25, 0.3) is 0 Å². The Hall–Kier alpha value is -0.960. The number of aldehydes is 2. The minimum absolute atomic E-state index is 0.571. The van der Waals surface area contributed by atoms with Crippen LogP contribution in [-0.4, -0.2) is 12.6 Å². The van der Waals surface area contributed by atoms with E-state index in [9.17, 15) is 9.59 Å². The summed E-state index contributed by atoms with van der Waals surface area (Å²) in [6.45, 7) is 4.00. The molecule has 0 saturated carbocycles. The van der Waals surface area contributed by atoms with E-state index in [1.807, 2.05) is 13.8 Å². The van der Waals surface area contributed by atoms with Crippen LogP contribution in [0.5, 0.6) is 0 Å². The molecule has 0 atom stereocenters. The molecule has 11 heavy (non-hydrogen) atoms. The van der Waals surface area contributed by atoms with Gasteiger partial charge < -0.3 is 0 Å². The van der Waals surface area contributed by atoms with Crippen molar-refractivity contribution in [3.8, 4) is 0 Å². The van der Waals surface area contributed by atoms with Crippen molar-refractivity contribution in [2.24, 2.45) is 0 Å². The summed E-state index contributed by atoms with van der Waals surface area (Å²) >= 11 is 1.27. The summed E-state index contributed by atoms with van der Waals surface area (Å²) in [6, 6.07) is 1.56. The minimum atomic E-state index is 0.571. The smallest absolute Gasteiger partial charge is 0.160 e. The van der Waals surface area contributed by atoms with Crippen LogP contribution in [0.3, 0.4) is 0 Å². The third-order valence-electron chi connectivity index (χ3n) is 0.892. The molecule has 0 fully saturated rings. The van der Waals surface area contributed by atoms with Crippen molar-refractivity contribution >= 4 is 23.9 Å². The molecule has 0 aliphatic heterocycles. The molecule has 0 aliphatic rings. The topological polar surface area (TPSA) is 34.1 Å². The fraction of sp³-hybridized carbons (Fsp3) is 0.250. The molecule has 0 bridgehead atoms. The second-order valence-electron chi connectivity index (χ2n) is 1.52. The molecule has 1 aromatic rings. The standard InChI is InChI=1S/C6H4O2S.C2H6/c7-2-5-1-6(3-8)9-4-5;1-2/h1-4H;1-2H3. The van der Waals surface area contributed by atoms with Crippen LogP contribution in [0.2, 0.25) is 0 Å². The van der Waals surface area contributed by atoms with Crippen molar-refractivity contribution in [3.63, 3.8) is 0 Å². The van der Waals surface area contributed by atoms with Gasteiger partial charge in [0.05, 0.1) is 4.88 Å². The highest BCUT2D eigenvalue weighted by atomic mass is 32.1. The summed E-state index contributed by atoms with van der Waals surface area (Å²) in [7, 11) is 0. The van der Waals surface area contributed by atoms with Gasteiger partial charge in [0.2, 0.25) is 0 Å². The fourth-order valence-electron chi connectivity index (χ4n) is 0.492. The van der Waals surface area contributed by atoms with E-state index < -0.39 is 0 Å². The Kier molecular flexibility index (Phi) is 5.29. The highest BCUT2D eigenvalue weighted by Crippen LogP contribution is 2.09. The molecule has 1 heterocycles. The largest absolute Gasteiger partial charge is 0.298 e. The average molecular weight is 170 g/mol. The molecule has 1 aromatic heterocycles. The molecule has 0 aromatic carbocycles. The van der Waals surface area contributed by atoms with Crippen LogP contribution in [0, 0.1) is 0 Å². The van der Waals surface area contributed by atoms with Crippen molar-refractivity contribution in [1.82, 2.24) is 0 Å². The van der Waals surface area contributed by atoms with Gasteiger partial charge in [-0.3, -0.25) is 9.59 Å². The van der Waals surface area contributed by atoms with Crippen molar-refractivity contribution in [3.05, 3.63) is 21.9 Å². The van der Waals surface area contributed by atoms with E-state index in [0.717, 1.165) is 12.6 Å². The maximum atomic E-state index is 10.0. The molecule has 1 rings (SSSR count). The molecular weight excluding hydrogens is 160 g/mol. The maximum absolute atomic E-state index is 10.0. The van der Waals surface area contributed by atoms with Gasteiger partial charge in [-0.15, -0.1) is 11.3 Å². The summed E-state index contributed by atoms with van der Waals surface area (Å²) in [5.41, 5.74) is 0.571. The molecule has 0 radical (unpaired) electrons. The molecule has 0 N–H and O–H groups in total. The van der Waals surface area contributed by atoms with Crippen molar-refractivity contribution < 1.29 is 9.59 Å². The van der Waals surface area contributed by atoms with Gasteiger partial charge in [-0.05, 0) is 6.07 Å². The number of hydrogen-bond donors (Lipinski definition) is 0. The predicted molar refractivity (Wildman–Crippen MR) is 46.4 cm³/mol. The zero-order chi connectivity index (χ0) is 8.69. The van der Waals surface area contributed by atoms with E-state index >= 15 is 0 Å². The van der Waals surface area contributed by atoms with Crippen LogP contribution >= 0.6 is 11.3 Å². The Balaban J connectivity index is 0.000000461. The Morgan fingerprint density at radius 3 is 2.18 bits per heavy atom. The normalized spacial score (nSPS) is 7.82. The highest BCUT2D eigenvalue weighted by Gasteiger charge is 1.94. The summed E-state index contributed by atoms with van der Waals surface area (Å²) in [6.07, 6.45) is 1.46. The van der Waals surface area contributed by atoms with Crippen LogP contribution in [0.4, 0.5) is 0 Å². The number of rotatable bonds is 2. The van der Waals surface area contributed by atoms with Gasteiger partial charge in [0.25, 0.3) is 0 Å². The van der Waals surface area contributed by atoms with Gasteiger partial charge in [0.1, 0.15) is 0 Å². The second kappa shape index (κ2) is 5.80. The van der Waals surface area contributed by atoms with E-state index in [0.29, 0.717) is 10.4 Å². The Morgan fingerprint density at radius 2 is 1.91 bits per heavy atom. The van der Waals surface area contributed by atoms with E-state index in [2.05, 4.69) is 0 Å². The van der Waals surface area contributed by atoms with Crippen molar-refractivity contribution in [2.45, 2.75) is 13.8 Å². The third-order valence-corrected chi connectivity index (χ3v) is 1.77. The summed E-state index contributed by atoms with van der Waals surface area (Å²) in [4.78, 5) is 20.7. The first-order valence-corrected chi connectivity index (χ1v) is 4.23. The molecule has 2 nitrogen and oxygen atoms in total. The van der Waals surface area contributed by atoms with Gasteiger partial charge in [-0.2, -0.15) is 0 Å². The molecule has 0 spiro atoms. The van der Waals surface area contributed by atoms with Gasteiger partial charge >= 0.3 is 0 Å². The lowest BCUT2D eigenvalue weighted by atomic mass is 10.3. The Morgan fingerprint density at radius 1 is 1.27 bits per heavy atom. The third kappa shape index (κ3) is 3.09. The summed E-state index contributed by atoms with van der Waals surface area (Å²) in [5, 5.41) is 1.65. The van der Waals surface area contributed by atoms with Crippen LogP contribution in [-0.2, 0) is 0 Å². The Bertz CT molecular complexity index is 205. The number of carbonyl (C=O) groups excluding carboxylic acids is 2. The lowest BCUT2D eigenvalue weighted by molar-refractivity contribution is 0.112. The molecular formula is C8H10O2S. The van der Waals surface area contributed by atoms with Crippen molar-refractivity contribution in [2.75, 3.05) is 0 Å². The fourth-order valence-corrected chi connectivity index (χ4v) is 1.15. The predicted octanol–water partition coefficient (Wildman–Crippen LogP) is 2.40. The molecule has 60 valence electrons.